The number of nitrogens with one attached hydrogen (secondary N) is 1. The third-order valence-electron chi connectivity index (χ3n) is 4.11. The van der Waals surface area contributed by atoms with Gasteiger partial charge in [0.1, 0.15) is 0 Å². The van der Waals surface area contributed by atoms with Crippen molar-refractivity contribution < 1.29 is 4.92 Å². The Labute approximate surface area is 121 Å². The smallest absolute Gasteiger partial charge is 0.270 e. The van der Waals surface area contributed by atoms with Crippen LogP contribution in [0.4, 0.5) is 5.69 Å². The molecule has 1 saturated carbocycles. The molecule has 0 radical (unpaired) electrons. The number of nitro benzene ring substituents is 1. The normalized spacial score (nSPS) is 18.1. The summed E-state index contributed by atoms with van der Waals surface area (Å²) < 4.78 is 0.844. The number of non-ortho nitro benzene ring substituents is 1. The van der Waals surface area contributed by atoms with Crippen LogP contribution in [0, 0.1) is 15.5 Å². The first-order valence-corrected chi connectivity index (χ1v) is 7.44. The molecule has 0 spiro atoms. The monoisotopic (exact) mass is 326 g/mol. The summed E-state index contributed by atoms with van der Waals surface area (Å²) in [4.78, 5) is 10.4. The molecule has 0 aliphatic heterocycles. The van der Waals surface area contributed by atoms with Crippen molar-refractivity contribution in [3.63, 3.8) is 0 Å². The zero-order chi connectivity index (χ0) is 14.0. The minimum absolute atomic E-state index is 0.139. The van der Waals surface area contributed by atoms with Crippen molar-refractivity contribution in [1.82, 2.24) is 5.32 Å². The van der Waals surface area contributed by atoms with E-state index in [1.54, 1.807) is 12.1 Å². The predicted molar refractivity (Wildman–Crippen MR) is 79.3 cm³/mol. The highest BCUT2D eigenvalue weighted by molar-refractivity contribution is 9.10. The maximum atomic E-state index is 10.7. The van der Waals surface area contributed by atoms with Gasteiger partial charge in [-0.3, -0.25) is 10.1 Å². The molecule has 1 N–H and O–H groups in total. The van der Waals surface area contributed by atoms with E-state index < -0.39 is 0 Å². The van der Waals surface area contributed by atoms with Crippen molar-refractivity contribution >= 4 is 21.6 Å². The van der Waals surface area contributed by atoms with E-state index in [-0.39, 0.29) is 10.6 Å². The van der Waals surface area contributed by atoms with Crippen LogP contribution in [0.25, 0.3) is 0 Å². The van der Waals surface area contributed by atoms with Crippen molar-refractivity contribution in [2.45, 2.75) is 39.2 Å². The molecule has 1 aliphatic carbocycles. The molecule has 0 aromatic heterocycles. The molecule has 1 fully saturated rings. The minimum atomic E-state index is -0.358. The van der Waals surface area contributed by atoms with Crippen molar-refractivity contribution in [1.29, 1.82) is 0 Å². The van der Waals surface area contributed by atoms with Gasteiger partial charge in [-0.1, -0.05) is 28.9 Å². The van der Waals surface area contributed by atoms with Gasteiger partial charge >= 0.3 is 0 Å². The summed E-state index contributed by atoms with van der Waals surface area (Å²) in [5, 5.41) is 14.2. The van der Waals surface area contributed by atoms with Crippen LogP contribution in [0.2, 0.25) is 0 Å². The molecule has 0 heterocycles. The first-order valence-electron chi connectivity index (χ1n) is 6.65. The Morgan fingerprint density at radius 3 is 2.68 bits per heavy atom. The van der Waals surface area contributed by atoms with E-state index in [0.29, 0.717) is 11.5 Å². The number of benzene rings is 1. The minimum Gasteiger partial charge on any atom is -0.314 e. The quantitative estimate of drug-likeness (QED) is 0.640. The average molecular weight is 327 g/mol. The summed E-state index contributed by atoms with van der Waals surface area (Å²) in [6, 6.07) is 5.55. The van der Waals surface area contributed by atoms with Crippen LogP contribution in [0.3, 0.4) is 0 Å². The predicted octanol–water partition coefficient (Wildman–Crippen LogP) is 3.68. The molecular weight excluding hydrogens is 308 g/mol. The molecule has 104 valence electrons. The third-order valence-corrected chi connectivity index (χ3v) is 4.85. The van der Waals surface area contributed by atoms with Crippen LogP contribution >= 0.6 is 15.9 Å². The van der Waals surface area contributed by atoms with Crippen LogP contribution in [-0.2, 0) is 6.42 Å². The maximum Gasteiger partial charge on any atom is 0.270 e. The van der Waals surface area contributed by atoms with E-state index in [2.05, 4.69) is 35.1 Å². The van der Waals surface area contributed by atoms with Crippen LogP contribution in [-0.4, -0.2) is 17.5 Å². The standard InChI is InChI=1S/C14H19BrN2O2/c1-3-16-10(2)14(6-7-14)9-11-4-5-12(17(18)19)8-13(11)15/h4-5,8,10,16H,3,6-7,9H2,1-2H3. The summed E-state index contributed by atoms with van der Waals surface area (Å²) in [6.07, 6.45) is 3.43. The Bertz CT molecular complexity index is 486. The van der Waals surface area contributed by atoms with E-state index >= 15 is 0 Å². The molecule has 2 rings (SSSR count). The van der Waals surface area contributed by atoms with Gasteiger partial charge in [0.15, 0.2) is 0 Å². The lowest BCUT2D eigenvalue weighted by Crippen LogP contribution is -2.36. The van der Waals surface area contributed by atoms with Gasteiger partial charge in [0.2, 0.25) is 0 Å². The average Bonchev–Trinajstić information content (AvgIpc) is 3.13. The topological polar surface area (TPSA) is 55.2 Å². The molecule has 0 amide bonds. The van der Waals surface area contributed by atoms with Crippen molar-refractivity contribution in [3.05, 3.63) is 38.3 Å². The zero-order valence-corrected chi connectivity index (χ0v) is 12.9. The molecule has 19 heavy (non-hydrogen) atoms. The first kappa shape index (κ1) is 14.5. The maximum absolute atomic E-state index is 10.7. The molecule has 1 aliphatic rings. The van der Waals surface area contributed by atoms with E-state index in [1.165, 1.54) is 12.8 Å². The second-order valence-electron chi connectivity index (χ2n) is 5.35. The van der Waals surface area contributed by atoms with Crippen LogP contribution in [0.5, 0.6) is 0 Å². The fraction of sp³-hybridized carbons (Fsp3) is 0.571. The number of hydrogen-bond acceptors (Lipinski definition) is 3. The lowest BCUT2D eigenvalue weighted by Gasteiger charge is -2.24. The molecule has 1 aromatic carbocycles. The Morgan fingerprint density at radius 1 is 1.53 bits per heavy atom. The molecule has 4 nitrogen and oxygen atoms in total. The van der Waals surface area contributed by atoms with Gasteiger partial charge in [-0.05, 0) is 43.7 Å². The van der Waals surface area contributed by atoms with Crippen LogP contribution < -0.4 is 5.32 Å². The number of nitro groups is 1. The zero-order valence-electron chi connectivity index (χ0n) is 11.3. The van der Waals surface area contributed by atoms with E-state index in [4.69, 9.17) is 0 Å². The highest BCUT2D eigenvalue weighted by Gasteiger charge is 2.47. The van der Waals surface area contributed by atoms with Gasteiger partial charge < -0.3 is 5.32 Å². The van der Waals surface area contributed by atoms with Gasteiger partial charge in [-0.15, -0.1) is 0 Å². The highest BCUT2D eigenvalue weighted by atomic mass is 79.9. The lowest BCUT2D eigenvalue weighted by molar-refractivity contribution is -0.384. The molecule has 1 unspecified atom stereocenters. The van der Waals surface area contributed by atoms with Crippen LogP contribution in [0.15, 0.2) is 22.7 Å². The van der Waals surface area contributed by atoms with E-state index in [1.807, 2.05) is 6.07 Å². The molecule has 1 atom stereocenters. The van der Waals surface area contributed by atoms with Crippen molar-refractivity contribution in [2.75, 3.05) is 6.54 Å². The van der Waals surface area contributed by atoms with Gasteiger partial charge in [-0.2, -0.15) is 0 Å². The fourth-order valence-electron chi connectivity index (χ4n) is 2.62. The summed E-state index contributed by atoms with van der Waals surface area (Å²) >= 11 is 3.46. The fourth-order valence-corrected chi connectivity index (χ4v) is 3.13. The third kappa shape index (κ3) is 3.15. The summed E-state index contributed by atoms with van der Waals surface area (Å²) in [7, 11) is 0. The SMILES string of the molecule is CCNC(C)C1(Cc2ccc([N+](=O)[O-])cc2Br)CC1. The molecule has 1 aromatic rings. The summed E-state index contributed by atoms with van der Waals surface area (Å²) in [5.74, 6) is 0. The Kier molecular flexibility index (Phi) is 4.26. The Hall–Kier alpha value is -0.940. The number of hydrogen-bond donors (Lipinski definition) is 1. The number of nitrogens with zero attached hydrogens (tertiary/aromatic N) is 1. The Morgan fingerprint density at radius 2 is 2.21 bits per heavy atom. The lowest BCUT2D eigenvalue weighted by atomic mass is 9.89. The summed E-state index contributed by atoms with van der Waals surface area (Å²) in [6.45, 7) is 5.33. The summed E-state index contributed by atoms with van der Waals surface area (Å²) in [5.41, 5.74) is 1.63. The van der Waals surface area contributed by atoms with Gasteiger partial charge in [0, 0.05) is 22.6 Å². The van der Waals surface area contributed by atoms with Crippen molar-refractivity contribution in [2.24, 2.45) is 5.41 Å². The van der Waals surface area contributed by atoms with E-state index in [9.17, 15) is 10.1 Å². The molecular formula is C14H19BrN2O2. The largest absolute Gasteiger partial charge is 0.314 e. The second kappa shape index (κ2) is 5.59. The highest BCUT2D eigenvalue weighted by Crippen LogP contribution is 2.52. The first-order chi connectivity index (χ1) is 8.98. The van der Waals surface area contributed by atoms with E-state index in [0.717, 1.165) is 23.0 Å². The second-order valence-corrected chi connectivity index (χ2v) is 6.21. The molecule has 0 bridgehead atoms. The Balaban J connectivity index is 2.13. The van der Waals surface area contributed by atoms with Gasteiger partial charge in [-0.25, -0.2) is 0 Å². The van der Waals surface area contributed by atoms with Crippen LogP contribution in [0.1, 0.15) is 32.3 Å². The van der Waals surface area contributed by atoms with Gasteiger partial charge in [0.25, 0.3) is 5.69 Å². The number of halogens is 1. The molecule has 5 heteroatoms. The number of rotatable bonds is 6. The van der Waals surface area contributed by atoms with Gasteiger partial charge in [0.05, 0.1) is 4.92 Å². The van der Waals surface area contributed by atoms with Crippen molar-refractivity contribution in [3.8, 4) is 0 Å². The molecule has 0 saturated heterocycles.